The van der Waals surface area contributed by atoms with E-state index in [1.165, 1.54) is 32.1 Å². The van der Waals surface area contributed by atoms with E-state index in [9.17, 15) is 9.59 Å². The standard InChI is InChI=1S/C21H29N3O3/c1-13(2)11-18(25)23-24-20-15-9-10-17(27-3)16(19(15)22-21(20)26)12-14-7-5-4-6-8-14/h9-10,13-14H,4-8,11-12H2,1-3H3,(H,23,25)(H,22,24,26). The van der Waals surface area contributed by atoms with Crippen LogP contribution in [0.4, 0.5) is 5.69 Å². The van der Waals surface area contributed by atoms with Gasteiger partial charge in [-0.25, -0.2) is 5.43 Å². The lowest BCUT2D eigenvalue weighted by Crippen LogP contribution is -2.24. The lowest BCUT2D eigenvalue weighted by Gasteiger charge is -2.23. The molecule has 2 N–H and O–H groups in total. The minimum Gasteiger partial charge on any atom is -0.496 e. The number of hydrogen-bond donors (Lipinski definition) is 2. The molecule has 1 aromatic rings. The topological polar surface area (TPSA) is 79.8 Å². The average molecular weight is 371 g/mol. The number of hydrogen-bond acceptors (Lipinski definition) is 4. The number of nitrogens with zero attached hydrogens (tertiary/aromatic N) is 1. The molecule has 0 radical (unpaired) electrons. The highest BCUT2D eigenvalue weighted by Crippen LogP contribution is 2.38. The van der Waals surface area contributed by atoms with Crippen LogP contribution in [0.1, 0.15) is 63.5 Å². The van der Waals surface area contributed by atoms with Crippen molar-refractivity contribution in [1.29, 1.82) is 0 Å². The molecule has 6 heteroatoms. The molecule has 1 aromatic carbocycles. The molecule has 0 aromatic heterocycles. The monoisotopic (exact) mass is 371 g/mol. The molecule has 0 unspecified atom stereocenters. The number of anilines is 1. The van der Waals surface area contributed by atoms with E-state index in [4.69, 9.17) is 4.74 Å². The lowest BCUT2D eigenvalue weighted by molar-refractivity contribution is -0.121. The molecule has 27 heavy (non-hydrogen) atoms. The van der Waals surface area contributed by atoms with Crippen molar-refractivity contribution < 1.29 is 14.3 Å². The van der Waals surface area contributed by atoms with Crippen LogP contribution >= 0.6 is 0 Å². The van der Waals surface area contributed by atoms with E-state index in [0.717, 1.165) is 29.0 Å². The second-order valence-electron chi connectivity index (χ2n) is 7.92. The molecule has 6 nitrogen and oxygen atoms in total. The molecule has 1 heterocycles. The largest absolute Gasteiger partial charge is 0.496 e. The summed E-state index contributed by atoms with van der Waals surface area (Å²) in [5, 5.41) is 7.05. The van der Waals surface area contributed by atoms with Crippen LogP contribution in [0.2, 0.25) is 0 Å². The Hall–Kier alpha value is -2.37. The molecule has 1 aliphatic heterocycles. The first kappa shape index (κ1) is 19.4. The minimum absolute atomic E-state index is 0.185. The summed E-state index contributed by atoms with van der Waals surface area (Å²) in [4.78, 5) is 24.4. The zero-order valence-corrected chi connectivity index (χ0v) is 16.4. The highest BCUT2D eigenvalue weighted by molar-refractivity contribution is 6.54. The highest BCUT2D eigenvalue weighted by Gasteiger charge is 2.31. The van der Waals surface area contributed by atoms with Crippen molar-refractivity contribution in [3.8, 4) is 5.75 Å². The Morgan fingerprint density at radius 2 is 2.04 bits per heavy atom. The summed E-state index contributed by atoms with van der Waals surface area (Å²) in [6.07, 6.45) is 7.54. The molecular formula is C21H29N3O3. The van der Waals surface area contributed by atoms with Crippen LogP contribution in [0.15, 0.2) is 17.2 Å². The number of ether oxygens (including phenoxy) is 1. The Bertz CT molecular complexity index is 749. The van der Waals surface area contributed by atoms with Gasteiger partial charge in [-0.3, -0.25) is 9.59 Å². The molecular weight excluding hydrogens is 342 g/mol. The van der Waals surface area contributed by atoms with Gasteiger partial charge in [-0.15, -0.1) is 0 Å². The Kier molecular flexibility index (Phi) is 6.14. The second kappa shape index (κ2) is 8.55. The van der Waals surface area contributed by atoms with Gasteiger partial charge in [0.25, 0.3) is 5.91 Å². The first-order chi connectivity index (χ1) is 13.0. The Labute approximate surface area is 160 Å². The van der Waals surface area contributed by atoms with Crippen LogP contribution in [0.3, 0.4) is 0 Å². The predicted octanol–water partition coefficient (Wildman–Crippen LogP) is 3.64. The Morgan fingerprint density at radius 1 is 1.30 bits per heavy atom. The molecule has 146 valence electrons. The van der Waals surface area contributed by atoms with Gasteiger partial charge in [0, 0.05) is 17.5 Å². The van der Waals surface area contributed by atoms with Crippen LogP contribution in [-0.2, 0) is 16.0 Å². The van der Waals surface area contributed by atoms with E-state index in [2.05, 4.69) is 15.8 Å². The summed E-state index contributed by atoms with van der Waals surface area (Å²) in [7, 11) is 1.66. The number of carbonyl (C=O) groups is 2. The second-order valence-corrected chi connectivity index (χ2v) is 7.92. The number of amides is 2. The van der Waals surface area contributed by atoms with Crippen molar-refractivity contribution in [2.75, 3.05) is 12.4 Å². The maximum absolute atomic E-state index is 12.5. The first-order valence-electron chi connectivity index (χ1n) is 9.87. The van der Waals surface area contributed by atoms with Gasteiger partial charge in [0.1, 0.15) is 5.75 Å². The van der Waals surface area contributed by atoms with Gasteiger partial charge in [-0.1, -0.05) is 46.0 Å². The third-order valence-corrected chi connectivity index (χ3v) is 5.30. The quantitative estimate of drug-likeness (QED) is 0.749. The zero-order chi connectivity index (χ0) is 19.4. The number of hydrazone groups is 1. The molecule has 0 saturated heterocycles. The molecule has 0 atom stereocenters. The van der Waals surface area contributed by atoms with Crippen molar-refractivity contribution in [1.82, 2.24) is 5.43 Å². The van der Waals surface area contributed by atoms with Crippen molar-refractivity contribution in [3.05, 3.63) is 23.3 Å². The first-order valence-corrected chi connectivity index (χ1v) is 9.87. The van der Waals surface area contributed by atoms with E-state index in [-0.39, 0.29) is 23.4 Å². The van der Waals surface area contributed by atoms with E-state index in [0.29, 0.717) is 12.3 Å². The summed E-state index contributed by atoms with van der Waals surface area (Å²) >= 11 is 0. The number of methoxy groups -OCH3 is 1. The molecule has 1 fully saturated rings. The summed E-state index contributed by atoms with van der Waals surface area (Å²) in [5.74, 6) is 1.18. The number of benzene rings is 1. The van der Waals surface area contributed by atoms with Gasteiger partial charge in [-0.2, -0.15) is 5.10 Å². The fourth-order valence-corrected chi connectivity index (χ4v) is 3.98. The van der Waals surface area contributed by atoms with Crippen LogP contribution in [-0.4, -0.2) is 24.6 Å². The highest BCUT2D eigenvalue weighted by atomic mass is 16.5. The summed E-state index contributed by atoms with van der Waals surface area (Å²) in [6.45, 7) is 3.93. The fourth-order valence-electron chi connectivity index (χ4n) is 3.98. The van der Waals surface area contributed by atoms with E-state index in [1.54, 1.807) is 7.11 Å². The zero-order valence-electron chi connectivity index (χ0n) is 16.4. The van der Waals surface area contributed by atoms with Gasteiger partial charge >= 0.3 is 0 Å². The Balaban J connectivity index is 1.86. The normalized spacial score (nSPS) is 18.5. The number of carbonyl (C=O) groups excluding carboxylic acids is 2. The average Bonchev–Trinajstić information content (AvgIpc) is 2.96. The number of nitrogens with one attached hydrogen (secondary N) is 2. The molecule has 1 aliphatic carbocycles. The molecule has 2 aliphatic rings. The van der Waals surface area contributed by atoms with Crippen molar-refractivity contribution in [3.63, 3.8) is 0 Å². The number of rotatable bonds is 6. The lowest BCUT2D eigenvalue weighted by atomic mass is 9.84. The SMILES string of the molecule is COc1ccc2c(c1CC1CCCCC1)NC(=O)/C2=N\NC(=O)CC(C)C. The van der Waals surface area contributed by atoms with Crippen molar-refractivity contribution in [2.24, 2.45) is 16.9 Å². The van der Waals surface area contributed by atoms with E-state index in [1.807, 2.05) is 26.0 Å². The molecule has 2 amide bonds. The summed E-state index contributed by atoms with van der Waals surface area (Å²) in [5.41, 5.74) is 5.32. The maximum Gasteiger partial charge on any atom is 0.276 e. The predicted molar refractivity (Wildman–Crippen MR) is 106 cm³/mol. The third kappa shape index (κ3) is 4.49. The van der Waals surface area contributed by atoms with Crippen molar-refractivity contribution >= 4 is 23.2 Å². The van der Waals surface area contributed by atoms with Gasteiger partial charge in [-0.05, 0) is 30.4 Å². The fraction of sp³-hybridized carbons (Fsp3) is 0.571. The van der Waals surface area contributed by atoms with Crippen LogP contribution in [0, 0.1) is 11.8 Å². The van der Waals surface area contributed by atoms with Crippen LogP contribution in [0.5, 0.6) is 5.75 Å². The molecule has 1 saturated carbocycles. The van der Waals surface area contributed by atoms with Crippen molar-refractivity contribution in [2.45, 2.75) is 58.8 Å². The van der Waals surface area contributed by atoms with Crippen LogP contribution in [0.25, 0.3) is 0 Å². The van der Waals surface area contributed by atoms with E-state index < -0.39 is 0 Å². The molecule has 0 bridgehead atoms. The van der Waals surface area contributed by atoms with Gasteiger partial charge in [0.2, 0.25) is 5.91 Å². The summed E-state index contributed by atoms with van der Waals surface area (Å²) < 4.78 is 5.56. The smallest absolute Gasteiger partial charge is 0.276 e. The van der Waals surface area contributed by atoms with Crippen LogP contribution < -0.4 is 15.5 Å². The van der Waals surface area contributed by atoms with Gasteiger partial charge in [0.15, 0.2) is 5.71 Å². The summed E-state index contributed by atoms with van der Waals surface area (Å²) in [6, 6.07) is 3.73. The van der Waals surface area contributed by atoms with Gasteiger partial charge < -0.3 is 10.1 Å². The molecule has 3 rings (SSSR count). The Morgan fingerprint density at radius 3 is 2.70 bits per heavy atom. The minimum atomic E-state index is -0.284. The maximum atomic E-state index is 12.5. The van der Waals surface area contributed by atoms with Gasteiger partial charge in [0.05, 0.1) is 12.8 Å². The third-order valence-electron chi connectivity index (χ3n) is 5.30. The van der Waals surface area contributed by atoms with E-state index >= 15 is 0 Å². The molecule has 0 spiro atoms. The number of fused-ring (bicyclic) bond motifs is 1.